The van der Waals surface area contributed by atoms with Crippen LogP contribution in [0.4, 0.5) is 0 Å². The predicted molar refractivity (Wildman–Crippen MR) is 99.6 cm³/mol. The minimum Gasteiger partial charge on any atom is -0.466 e. The highest BCUT2D eigenvalue weighted by Gasteiger charge is 2.27. The van der Waals surface area contributed by atoms with Crippen molar-refractivity contribution in [3.05, 3.63) is 34.9 Å². The molecule has 1 heterocycles. The minimum absolute atomic E-state index is 0.0131. The van der Waals surface area contributed by atoms with E-state index in [1.807, 2.05) is 18.2 Å². The first-order chi connectivity index (χ1) is 11.9. The third-order valence-corrected chi connectivity index (χ3v) is 4.91. The number of hydrogen-bond acceptors (Lipinski definition) is 5. The zero-order valence-corrected chi connectivity index (χ0v) is 15.9. The molecule has 1 aliphatic rings. The number of benzene rings is 1. The van der Waals surface area contributed by atoms with Gasteiger partial charge in [0.25, 0.3) is 0 Å². The Labute approximate surface area is 155 Å². The monoisotopic (exact) mass is 368 g/mol. The van der Waals surface area contributed by atoms with Crippen molar-refractivity contribution in [2.75, 3.05) is 26.2 Å². The van der Waals surface area contributed by atoms with Gasteiger partial charge in [0.2, 0.25) is 0 Å². The number of nitrogens with one attached hydrogen (secondary N) is 1. The molecule has 1 atom stereocenters. The van der Waals surface area contributed by atoms with Gasteiger partial charge >= 0.3 is 5.97 Å². The van der Waals surface area contributed by atoms with Crippen molar-refractivity contribution in [3.8, 4) is 0 Å². The van der Waals surface area contributed by atoms with E-state index in [9.17, 15) is 9.90 Å². The maximum atomic E-state index is 11.5. The van der Waals surface area contributed by atoms with Gasteiger partial charge in [-0.05, 0) is 51.4 Å². The lowest BCUT2D eigenvalue weighted by Gasteiger charge is -2.34. The number of esters is 1. The van der Waals surface area contributed by atoms with Crippen LogP contribution in [0.1, 0.15) is 38.7 Å². The Morgan fingerprint density at radius 2 is 2.08 bits per heavy atom. The number of carbonyl (C=O) groups excluding carboxylic acids is 1. The van der Waals surface area contributed by atoms with Crippen LogP contribution in [0.15, 0.2) is 24.3 Å². The molecule has 0 saturated carbocycles. The standard InChI is InChI=1S/C19H29ClN2O3/c1-3-25-18(23)12-19(2,24)14-21-16-8-10-22(11-9-16)13-15-6-4-5-7-17(15)20/h4-7,16,21,24H,3,8-14H2,1-2H3/t19-/m0/s1. The summed E-state index contributed by atoms with van der Waals surface area (Å²) in [6, 6.07) is 8.32. The summed E-state index contributed by atoms with van der Waals surface area (Å²) in [7, 11) is 0. The Morgan fingerprint density at radius 1 is 1.40 bits per heavy atom. The summed E-state index contributed by atoms with van der Waals surface area (Å²) in [5.74, 6) is -0.358. The number of halogens is 1. The molecule has 0 unspecified atom stereocenters. The quantitative estimate of drug-likeness (QED) is 0.690. The maximum Gasteiger partial charge on any atom is 0.308 e. The second kappa shape index (κ2) is 9.53. The highest BCUT2D eigenvalue weighted by Crippen LogP contribution is 2.20. The first-order valence-electron chi connectivity index (χ1n) is 8.97. The molecule has 1 aromatic rings. The van der Waals surface area contributed by atoms with Crippen LogP contribution in [-0.4, -0.2) is 53.9 Å². The summed E-state index contributed by atoms with van der Waals surface area (Å²) in [4.78, 5) is 13.9. The molecule has 0 aromatic heterocycles. The Hall–Kier alpha value is -1.14. The van der Waals surface area contributed by atoms with Gasteiger partial charge in [0.05, 0.1) is 18.6 Å². The number of likely N-dealkylation sites (tertiary alicyclic amines) is 1. The van der Waals surface area contributed by atoms with E-state index in [4.69, 9.17) is 16.3 Å². The van der Waals surface area contributed by atoms with Gasteiger partial charge in [-0.15, -0.1) is 0 Å². The van der Waals surface area contributed by atoms with E-state index < -0.39 is 5.60 Å². The van der Waals surface area contributed by atoms with Crippen LogP contribution >= 0.6 is 11.6 Å². The van der Waals surface area contributed by atoms with Gasteiger partial charge in [-0.25, -0.2) is 0 Å². The lowest BCUT2D eigenvalue weighted by atomic mass is 9.99. The smallest absolute Gasteiger partial charge is 0.308 e. The maximum absolute atomic E-state index is 11.5. The van der Waals surface area contributed by atoms with Crippen LogP contribution < -0.4 is 5.32 Å². The van der Waals surface area contributed by atoms with Crippen LogP contribution in [0.2, 0.25) is 5.02 Å². The average Bonchev–Trinajstić information content (AvgIpc) is 2.56. The van der Waals surface area contributed by atoms with Gasteiger partial charge in [0.1, 0.15) is 0 Å². The van der Waals surface area contributed by atoms with Gasteiger partial charge in [0, 0.05) is 24.2 Å². The summed E-state index contributed by atoms with van der Waals surface area (Å²) < 4.78 is 4.91. The van der Waals surface area contributed by atoms with E-state index in [2.05, 4.69) is 16.3 Å². The van der Waals surface area contributed by atoms with Crippen LogP contribution in [0, 0.1) is 0 Å². The molecule has 0 spiro atoms. The van der Waals surface area contributed by atoms with Crippen LogP contribution in [0.3, 0.4) is 0 Å². The molecule has 1 saturated heterocycles. The van der Waals surface area contributed by atoms with E-state index >= 15 is 0 Å². The Bertz CT molecular complexity index is 557. The first-order valence-corrected chi connectivity index (χ1v) is 9.34. The number of piperidine rings is 1. The molecule has 140 valence electrons. The molecule has 0 aliphatic carbocycles. The van der Waals surface area contributed by atoms with Crippen molar-refractivity contribution in [1.82, 2.24) is 10.2 Å². The lowest BCUT2D eigenvalue weighted by molar-refractivity contribution is -0.148. The molecule has 1 fully saturated rings. The summed E-state index contributed by atoms with van der Waals surface area (Å²) in [5, 5.41) is 14.5. The highest BCUT2D eigenvalue weighted by atomic mass is 35.5. The summed E-state index contributed by atoms with van der Waals surface area (Å²) >= 11 is 6.23. The number of hydrogen-bond donors (Lipinski definition) is 2. The summed E-state index contributed by atoms with van der Waals surface area (Å²) in [6.07, 6.45) is 2.04. The van der Waals surface area contributed by atoms with Crippen molar-refractivity contribution >= 4 is 17.6 Å². The third kappa shape index (κ3) is 6.94. The number of aliphatic hydroxyl groups is 1. The molecular formula is C19H29ClN2O3. The largest absolute Gasteiger partial charge is 0.466 e. The second-order valence-corrected chi connectivity index (χ2v) is 7.41. The van der Waals surface area contributed by atoms with E-state index in [0.29, 0.717) is 19.2 Å². The number of carbonyl (C=O) groups is 1. The predicted octanol–water partition coefficient (Wildman–Crippen LogP) is 2.60. The number of rotatable bonds is 8. The molecule has 0 bridgehead atoms. The molecule has 5 nitrogen and oxygen atoms in total. The Kier molecular flexibility index (Phi) is 7.69. The molecule has 0 radical (unpaired) electrons. The van der Waals surface area contributed by atoms with Crippen molar-refractivity contribution < 1.29 is 14.6 Å². The Morgan fingerprint density at radius 3 is 2.72 bits per heavy atom. The van der Waals surface area contributed by atoms with Gasteiger partial charge in [0.15, 0.2) is 0 Å². The molecule has 1 aromatic carbocycles. The van der Waals surface area contributed by atoms with Crippen LogP contribution in [0.25, 0.3) is 0 Å². The molecule has 2 rings (SSSR count). The van der Waals surface area contributed by atoms with Crippen molar-refractivity contribution in [3.63, 3.8) is 0 Å². The Balaban J connectivity index is 1.71. The first kappa shape index (κ1) is 20.2. The molecule has 2 N–H and O–H groups in total. The fourth-order valence-corrected chi connectivity index (χ4v) is 3.31. The van der Waals surface area contributed by atoms with E-state index in [-0.39, 0.29) is 12.4 Å². The van der Waals surface area contributed by atoms with Gasteiger partial charge < -0.3 is 15.2 Å². The zero-order valence-electron chi connectivity index (χ0n) is 15.1. The summed E-state index contributed by atoms with van der Waals surface area (Å²) in [6.45, 7) is 7.01. The van der Waals surface area contributed by atoms with E-state index in [1.165, 1.54) is 0 Å². The topological polar surface area (TPSA) is 61.8 Å². The van der Waals surface area contributed by atoms with Crippen LogP contribution in [0.5, 0.6) is 0 Å². The third-order valence-electron chi connectivity index (χ3n) is 4.54. The molecule has 0 amide bonds. The van der Waals surface area contributed by atoms with Crippen molar-refractivity contribution in [1.29, 1.82) is 0 Å². The number of nitrogens with zero attached hydrogens (tertiary/aromatic N) is 1. The van der Waals surface area contributed by atoms with Crippen molar-refractivity contribution in [2.24, 2.45) is 0 Å². The van der Waals surface area contributed by atoms with Gasteiger partial charge in [-0.2, -0.15) is 0 Å². The van der Waals surface area contributed by atoms with E-state index in [0.717, 1.165) is 43.1 Å². The fourth-order valence-electron chi connectivity index (χ4n) is 3.11. The van der Waals surface area contributed by atoms with E-state index in [1.54, 1.807) is 13.8 Å². The molecule has 1 aliphatic heterocycles. The zero-order chi connectivity index (χ0) is 18.3. The average molecular weight is 369 g/mol. The van der Waals surface area contributed by atoms with Crippen molar-refractivity contribution in [2.45, 2.75) is 51.3 Å². The molecular weight excluding hydrogens is 340 g/mol. The second-order valence-electron chi connectivity index (χ2n) is 7.00. The summed E-state index contributed by atoms with van der Waals surface area (Å²) in [5.41, 5.74) is 0.0777. The van der Waals surface area contributed by atoms with Crippen LogP contribution in [-0.2, 0) is 16.1 Å². The van der Waals surface area contributed by atoms with Gasteiger partial charge in [-0.1, -0.05) is 29.8 Å². The minimum atomic E-state index is -1.08. The SMILES string of the molecule is CCOC(=O)C[C@](C)(O)CNC1CCN(Cc2ccccc2Cl)CC1. The lowest BCUT2D eigenvalue weighted by Crippen LogP contribution is -2.48. The highest BCUT2D eigenvalue weighted by molar-refractivity contribution is 6.31. The normalized spacial score (nSPS) is 18.7. The molecule has 6 heteroatoms. The number of ether oxygens (including phenoxy) is 1. The van der Waals surface area contributed by atoms with Gasteiger partial charge in [-0.3, -0.25) is 9.69 Å². The fraction of sp³-hybridized carbons (Fsp3) is 0.632. The molecule has 25 heavy (non-hydrogen) atoms.